The molecule has 2 N–H and O–H groups in total. The van der Waals surface area contributed by atoms with E-state index < -0.39 is 17.3 Å². The highest BCUT2D eigenvalue weighted by molar-refractivity contribution is 5.82. The Bertz CT molecular complexity index is 406. The maximum atomic E-state index is 13.5. The Labute approximate surface area is 101 Å². The molecule has 1 atom stereocenters. The van der Waals surface area contributed by atoms with E-state index in [-0.39, 0.29) is 11.6 Å². The molecule has 0 saturated carbocycles. The predicted molar refractivity (Wildman–Crippen MR) is 65.5 cm³/mol. The molecule has 0 aliphatic rings. The van der Waals surface area contributed by atoms with Crippen molar-refractivity contribution in [2.24, 2.45) is 5.92 Å². The van der Waals surface area contributed by atoms with E-state index in [2.05, 4.69) is 5.32 Å². The van der Waals surface area contributed by atoms with Crippen LogP contribution in [-0.2, 0) is 4.79 Å². The van der Waals surface area contributed by atoms with Gasteiger partial charge in [-0.1, -0.05) is 26.0 Å². The topological polar surface area (TPSA) is 49.3 Å². The van der Waals surface area contributed by atoms with E-state index in [1.165, 1.54) is 12.1 Å². The van der Waals surface area contributed by atoms with E-state index in [0.717, 1.165) is 0 Å². The molecule has 0 aromatic heterocycles. The van der Waals surface area contributed by atoms with Crippen LogP contribution in [0.4, 0.5) is 10.1 Å². The minimum atomic E-state index is -1.16. The normalized spacial score (nSPS) is 14.4. The van der Waals surface area contributed by atoms with Crippen molar-refractivity contribution < 1.29 is 14.3 Å². The fraction of sp³-hybridized carbons (Fsp3) is 0.462. The van der Waals surface area contributed by atoms with Gasteiger partial charge < -0.3 is 10.4 Å². The van der Waals surface area contributed by atoms with Gasteiger partial charge in [-0.25, -0.2) is 9.18 Å². The van der Waals surface area contributed by atoms with Crippen LogP contribution in [-0.4, -0.2) is 16.6 Å². The highest BCUT2D eigenvalue weighted by Crippen LogP contribution is 2.24. The van der Waals surface area contributed by atoms with Crippen LogP contribution in [0.3, 0.4) is 0 Å². The van der Waals surface area contributed by atoms with Gasteiger partial charge in [0.05, 0.1) is 5.69 Å². The molecule has 3 nitrogen and oxygen atoms in total. The van der Waals surface area contributed by atoms with Gasteiger partial charge in [-0.3, -0.25) is 0 Å². The van der Waals surface area contributed by atoms with Crippen LogP contribution in [0.1, 0.15) is 27.2 Å². The third-order valence-corrected chi connectivity index (χ3v) is 2.57. The SMILES string of the molecule is CC(C)CC(C)(Nc1ccccc1F)C(=O)O. The van der Waals surface area contributed by atoms with Crippen LogP contribution >= 0.6 is 0 Å². The lowest BCUT2D eigenvalue weighted by molar-refractivity contribution is -0.142. The van der Waals surface area contributed by atoms with Gasteiger partial charge in [0.1, 0.15) is 11.4 Å². The fourth-order valence-electron chi connectivity index (χ4n) is 1.87. The number of anilines is 1. The summed E-state index contributed by atoms with van der Waals surface area (Å²) in [6.45, 7) is 5.44. The molecule has 0 aliphatic carbocycles. The lowest BCUT2D eigenvalue weighted by atomic mass is 9.90. The fourth-order valence-corrected chi connectivity index (χ4v) is 1.87. The Kier molecular flexibility index (Phi) is 4.10. The molecule has 0 bridgehead atoms. The lowest BCUT2D eigenvalue weighted by Crippen LogP contribution is -2.44. The van der Waals surface area contributed by atoms with Crippen LogP contribution in [0.2, 0.25) is 0 Å². The standard InChI is InChI=1S/C13H18FNO2/c1-9(2)8-13(3,12(16)17)15-11-7-5-4-6-10(11)14/h4-7,9,15H,8H2,1-3H3,(H,16,17). The first kappa shape index (κ1) is 13.5. The number of carbonyl (C=O) groups is 1. The van der Waals surface area contributed by atoms with Crippen molar-refractivity contribution in [3.8, 4) is 0 Å². The maximum absolute atomic E-state index is 13.5. The molecule has 94 valence electrons. The van der Waals surface area contributed by atoms with Gasteiger partial charge in [0.15, 0.2) is 0 Å². The van der Waals surface area contributed by atoms with Crippen LogP contribution in [0, 0.1) is 11.7 Å². The summed E-state index contributed by atoms with van der Waals surface area (Å²) in [5.74, 6) is -1.21. The Morgan fingerprint density at radius 2 is 2.06 bits per heavy atom. The molecule has 1 aromatic carbocycles. The Balaban J connectivity index is 2.95. The molecular weight excluding hydrogens is 221 g/mol. The molecule has 1 aromatic rings. The Hall–Kier alpha value is -1.58. The van der Waals surface area contributed by atoms with E-state index in [0.29, 0.717) is 6.42 Å². The first-order valence-electron chi connectivity index (χ1n) is 5.61. The predicted octanol–water partition coefficient (Wildman–Crippen LogP) is 3.13. The smallest absolute Gasteiger partial charge is 0.329 e. The van der Waals surface area contributed by atoms with Crippen molar-refractivity contribution in [3.05, 3.63) is 30.1 Å². The zero-order valence-electron chi connectivity index (χ0n) is 10.3. The van der Waals surface area contributed by atoms with Crippen LogP contribution in [0.5, 0.6) is 0 Å². The van der Waals surface area contributed by atoms with E-state index in [4.69, 9.17) is 0 Å². The third-order valence-electron chi connectivity index (χ3n) is 2.57. The van der Waals surface area contributed by atoms with Crippen molar-refractivity contribution in [1.82, 2.24) is 0 Å². The number of aliphatic carboxylic acids is 1. The number of carboxylic acids is 1. The molecule has 0 radical (unpaired) electrons. The number of benzene rings is 1. The zero-order valence-corrected chi connectivity index (χ0v) is 10.3. The largest absolute Gasteiger partial charge is 0.480 e. The number of para-hydroxylation sites is 1. The first-order valence-corrected chi connectivity index (χ1v) is 5.61. The molecule has 0 heterocycles. The molecule has 1 rings (SSSR count). The summed E-state index contributed by atoms with van der Waals surface area (Å²) >= 11 is 0. The van der Waals surface area contributed by atoms with E-state index in [1.807, 2.05) is 13.8 Å². The van der Waals surface area contributed by atoms with E-state index >= 15 is 0 Å². The first-order chi connectivity index (χ1) is 7.85. The van der Waals surface area contributed by atoms with Gasteiger partial charge >= 0.3 is 5.97 Å². The number of hydrogen-bond donors (Lipinski definition) is 2. The van der Waals surface area contributed by atoms with Gasteiger partial charge in [0, 0.05) is 0 Å². The van der Waals surface area contributed by atoms with Gasteiger partial charge in [-0.15, -0.1) is 0 Å². The highest BCUT2D eigenvalue weighted by Gasteiger charge is 2.34. The lowest BCUT2D eigenvalue weighted by Gasteiger charge is -2.29. The Morgan fingerprint density at radius 3 is 2.53 bits per heavy atom. The second-order valence-electron chi connectivity index (χ2n) is 4.84. The molecule has 17 heavy (non-hydrogen) atoms. The average Bonchev–Trinajstić information content (AvgIpc) is 2.20. The maximum Gasteiger partial charge on any atom is 0.329 e. The van der Waals surface area contributed by atoms with Crippen molar-refractivity contribution in [3.63, 3.8) is 0 Å². The quantitative estimate of drug-likeness (QED) is 0.830. The summed E-state index contributed by atoms with van der Waals surface area (Å²) in [5.41, 5.74) is -0.936. The van der Waals surface area contributed by atoms with Crippen molar-refractivity contribution in [1.29, 1.82) is 0 Å². The van der Waals surface area contributed by atoms with Gasteiger partial charge in [0.25, 0.3) is 0 Å². The molecular formula is C13H18FNO2. The molecule has 0 spiro atoms. The number of nitrogens with one attached hydrogen (secondary N) is 1. The molecule has 0 aliphatic heterocycles. The van der Waals surface area contributed by atoms with Gasteiger partial charge in [-0.2, -0.15) is 0 Å². The zero-order chi connectivity index (χ0) is 13.1. The summed E-state index contributed by atoms with van der Waals surface area (Å²) in [6.07, 6.45) is 0.427. The van der Waals surface area contributed by atoms with Crippen molar-refractivity contribution in [2.75, 3.05) is 5.32 Å². The number of carboxylic acid groups (broad SMARTS) is 1. The third kappa shape index (κ3) is 3.44. The van der Waals surface area contributed by atoms with Crippen LogP contribution < -0.4 is 5.32 Å². The summed E-state index contributed by atoms with van der Waals surface area (Å²) in [4.78, 5) is 11.3. The van der Waals surface area contributed by atoms with Crippen molar-refractivity contribution in [2.45, 2.75) is 32.7 Å². The summed E-state index contributed by atoms with van der Waals surface area (Å²) < 4.78 is 13.5. The number of hydrogen-bond acceptors (Lipinski definition) is 2. The van der Waals surface area contributed by atoms with Crippen LogP contribution in [0.15, 0.2) is 24.3 Å². The monoisotopic (exact) mass is 239 g/mol. The molecule has 0 fully saturated rings. The summed E-state index contributed by atoms with van der Waals surface area (Å²) in [5, 5.41) is 12.0. The Morgan fingerprint density at radius 1 is 1.47 bits per heavy atom. The second kappa shape index (κ2) is 5.17. The van der Waals surface area contributed by atoms with Crippen molar-refractivity contribution >= 4 is 11.7 Å². The number of halogens is 1. The van der Waals surface area contributed by atoms with E-state index in [9.17, 15) is 14.3 Å². The van der Waals surface area contributed by atoms with Gasteiger partial charge in [0.2, 0.25) is 0 Å². The highest BCUT2D eigenvalue weighted by atomic mass is 19.1. The minimum Gasteiger partial charge on any atom is -0.480 e. The molecule has 0 amide bonds. The minimum absolute atomic E-state index is 0.204. The molecule has 1 unspecified atom stereocenters. The number of rotatable bonds is 5. The van der Waals surface area contributed by atoms with Crippen LogP contribution in [0.25, 0.3) is 0 Å². The summed E-state index contributed by atoms with van der Waals surface area (Å²) in [6, 6.07) is 6.08. The average molecular weight is 239 g/mol. The summed E-state index contributed by atoms with van der Waals surface area (Å²) in [7, 11) is 0. The van der Waals surface area contributed by atoms with Gasteiger partial charge in [-0.05, 0) is 31.4 Å². The second-order valence-corrected chi connectivity index (χ2v) is 4.84. The molecule has 0 saturated heterocycles. The van der Waals surface area contributed by atoms with E-state index in [1.54, 1.807) is 19.1 Å². The molecule has 4 heteroatoms.